The molecule has 4 heteroatoms. The summed E-state index contributed by atoms with van der Waals surface area (Å²) >= 11 is 9.16. The number of anilines is 1. The third-order valence-corrected chi connectivity index (χ3v) is 3.83. The average Bonchev–Trinajstić information content (AvgIpc) is 2.36. The Hall–Kier alpha value is -1.06. The number of hydrogen-bond donors (Lipinski definition) is 1. The number of rotatable bonds is 3. The van der Waals surface area contributed by atoms with E-state index in [2.05, 4.69) is 21.2 Å². The van der Waals surface area contributed by atoms with Gasteiger partial charge >= 0.3 is 0 Å². The van der Waals surface area contributed by atoms with Gasteiger partial charge in [0.1, 0.15) is 5.82 Å². The Labute approximate surface area is 125 Å². The number of hydrogen-bond acceptors (Lipinski definition) is 1. The molecule has 0 aromatic heterocycles. The molecule has 2 aromatic rings. The number of nitrogens with one attached hydrogen (secondary N) is 1. The van der Waals surface area contributed by atoms with Gasteiger partial charge in [0.15, 0.2) is 0 Å². The molecule has 1 nitrogen and oxygen atoms in total. The highest BCUT2D eigenvalue weighted by Gasteiger charge is 2.10. The van der Waals surface area contributed by atoms with Gasteiger partial charge in [-0.2, -0.15) is 0 Å². The van der Waals surface area contributed by atoms with Gasteiger partial charge in [0.25, 0.3) is 0 Å². The zero-order valence-corrected chi connectivity index (χ0v) is 13.0. The molecule has 1 N–H and O–H groups in total. The van der Waals surface area contributed by atoms with Crippen LogP contribution in [-0.2, 0) is 0 Å². The van der Waals surface area contributed by atoms with Gasteiger partial charge in [-0.15, -0.1) is 0 Å². The van der Waals surface area contributed by atoms with Crippen molar-refractivity contribution in [2.24, 2.45) is 0 Å². The fourth-order valence-electron chi connectivity index (χ4n) is 1.89. The van der Waals surface area contributed by atoms with Crippen molar-refractivity contribution in [3.63, 3.8) is 0 Å². The largest absolute Gasteiger partial charge is 0.378 e. The van der Waals surface area contributed by atoms with Gasteiger partial charge in [-0.1, -0.05) is 23.7 Å². The normalized spacial score (nSPS) is 12.3. The van der Waals surface area contributed by atoms with Crippen molar-refractivity contribution in [2.75, 3.05) is 5.32 Å². The molecule has 100 valence electrons. The lowest BCUT2D eigenvalue weighted by atomic mass is 10.1. The van der Waals surface area contributed by atoms with Crippen molar-refractivity contribution in [3.8, 4) is 0 Å². The maximum Gasteiger partial charge on any atom is 0.139 e. The third kappa shape index (κ3) is 3.48. The maximum absolute atomic E-state index is 13.6. The first-order valence-corrected chi connectivity index (χ1v) is 7.12. The Balaban J connectivity index is 2.24. The van der Waals surface area contributed by atoms with E-state index in [4.69, 9.17) is 11.6 Å². The number of aryl methyl sites for hydroxylation is 1. The Morgan fingerprint density at radius 3 is 2.68 bits per heavy atom. The summed E-state index contributed by atoms with van der Waals surface area (Å²) in [5, 5.41) is 4.00. The summed E-state index contributed by atoms with van der Waals surface area (Å²) in [5.74, 6) is -0.272. The van der Waals surface area contributed by atoms with E-state index >= 15 is 0 Å². The number of halogens is 3. The Morgan fingerprint density at radius 2 is 2.00 bits per heavy atom. The van der Waals surface area contributed by atoms with E-state index in [1.54, 1.807) is 6.07 Å². The molecule has 0 radical (unpaired) electrons. The summed E-state index contributed by atoms with van der Waals surface area (Å²) in [6.07, 6.45) is 0. The lowest BCUT2D eigenvalue weighted by Gasteiger charge is -2.18. The summed E-state index contributed by atoms with van der Waals surface area (Å²) in [6.45, 7) is 3.96. The van der Waals surface area contributed by atoms with Crippen LogP contribution in [0.2, 0.25) is 5.02 Å². The monoisotopic (exact) mass is 341 g/mol. The van der Waals surface area contributed by atoms with Crippen molar-refractivity contribution >= 4 is 33.2 Å². The molecule has 0 saturated carbocycles. The van der Waals surface area contributed by atoms with Gasteiger partial charge in [-0.3, -0.25) is 0 Å². The van der Waals surface area contributed by atoms with E-state index < -0.39 is 0 Å². The Morgan fingerprint density at radius 1 is 1.26 bits per heavy atom. The zero-order chi connectivity index (χ0) is 14.0. The van der Waals surface area contributed by atoms with Gasteiger partial charge in [-0.25, -0.2) is 4.39 Å². The first-order valence-electron chi connectivity index (χ1n) is 5.95. The molecular weight excluding hydrogens is 329 g/mol. The minimum absolute atomic E-state index is 0.0537. The average molecular weight is 343 g/mol. The quantitative estimate of drug-likeness (QED) is 0.752. The van der Waals surface area contributed by atoms with E-state index in [9.17, 15) is 4.39 Å². The molecule has 1 unspecified atom stereocenters. The fourth-order valence-corrected chi connectivity index (χ4v) is 2.55. The van der Waals surface area contributed by atoms with Crippen molar-refractivity contribution < 1.29 is 4.39 Å². The van der Waals surface area contributed by atoms with Crippen LogP contribution in [0.25, 0.3) is 0 Å². The van der Waals surface area contributed by atoms with E-state index in [0.717, 1.165) is 16.8 Å². The minimum Gasteiger partial charge on any atom is -0.378 e. The second kappa shape index (κ2) is 5.93. The predicted molar refractivity (Wildman–Crippen MR) is 82.3 cm³/mol. The van der Waals surface area contributed by atoms with Crippen LogP contribution >= 0.6 is 27.5 Å². The molecule has 0 saturated heterocycles. The van der Waals surface area contributed by atoms with Gasteiger partial charge in [0, 0.05) is 16.8 Å². The third-order valence-electron chi connectivity index (χ3n) is 2.99. The molecule has 0 aliphatic carbocycles. The molecule has 0 bridgehead atoms. The molecule has 0 spiro atoms. The van der Waals surface area contributed by atoms with Crippen molar-refractivity contribution in [1.29, 1.82) is 0 Å². The van der Waals surface area contributed by atoms with Crippen molar-refractivity contribution in [1.82, 2.24) is 0 Å². The van der Waals surface area contributed by atoms with Crippen LogP contribution < -0.4 is 5.32 Å². The van der Waals surface area contributed by atoms with Gasteiger partial charge in [-0.05, 0) is 65.2 Å². The summed E-state index contributed by atoms with van der Waals surface area (Å²) in [4.78, 5) is 0. The van der Waals surface area contributed by atoms with Gasteiger partial charge in [0.05, 0.1) is 4.47 Å². The lowest BCUT2D eigenvalue weighted by Crippen LogP contribution is -2.08. The second-order valence-corrected chi connectivity index (χ2v) is 5.79. The first kappa shape index (κ1) is 14.4. The topological polar surface area (TPSA) is 12.0 Å². The highest BCUT2D eigenvalue weighted by atomic mass is 79.9. The summed E-state index contributed by atoms with van der Waals surface area (Å²) in [7, 11) is 0. The number of benzene rings is 2. The summed E-state index contributed by atoms with van der Waals surface area (Å²) < 4.78 is 14.0. The van der Waals surface area contributed by atoms with Crippen LogP contribution in [0.15, 0.2) is 40.9 Å². The Kier molecular flexibility index (Phi) is 4.48. The van der Waals surface area contributed by atoms with Gasteiger partial charge < -0.3 is 5.32 Å². The highest BCUT2D eigenvalue weighted by molar-refractivity contribution is 9.10. The van der Waals surface area contributed by atoms with Crippen molar-refractivity contribution in [3.05, 3.63) is 62.8 Å². The van der Waals surface area contributed by atoms with Crippen LogP contribution in [0.4, 0.5) is 10.1 Å². The fraction of sp³-hybridized carbons (Fsp3) is 0.200. The standard InChI is InChI=1S/C15H14BrClFN/c1-9-6-13(16)14(18)8-15(9)19-10(2)11-4-3-5-12(17)7-11/h3-8,10,19H,1-2H3. The summed E-state index contributed by atoms with van der Waals surface area (Å²) in [5.41, 5.74) is 2.84. The molecule has 0 aliphatic rings. The molecule has 0 aliphatic heterocycles. The van der Waals surface area contributed by atoms with Crippen LogP contribution in [0, 0.1) is 12.7 Å². The molecule has 2 rings (SSSR count). The molecule has 0 heterocycles. The molecule has 0 fully saturated rings. The minimum atomic E-state index is -0.272. The van der Waals surface area contributed by atoms with Crippen LogP contribution in [0.1, 0.15) is 24.1 Å². The molecule has 0 amide bonds. The summed E-state index contributed by atoms with van der Waals surface area (Å²) in [6, 6.07) is 11.0. The van der Waals surface area contributed by atoms with E-state index in [1.807, 2.05) is 38.1 Å². The Bertz CT molecular complexity index is 601. The molecule has 19 heavy (non-hydrogen) atoms. The first-order chi connectivity index (χ1) is 8.97. The van der Waals surface area contributed by atoms with Crippen LogP contribution in [0.3, 0.4) is 0 Å². The van der Waals surface area contributed by atoms with E-state index in [1.165, 1.54) is 6.07 Å². The molecule has 2 aromatic carbocycles. The van der Waals surface area contributed by atoms with Crippen LogP contribution in [0.5, 0.6) is 0 Å². The maximum atomic E-state index is 13.6. The zero-order valence-electron chi connectivity index (χ0n) is 10.7. The second-order valence-electron chi connectivity index (χ2n) is 4.50. The van der Waals surface area contributed by atoms with Crippen LogP contribution in [-0.4, -0.2) is 0 Å². The van der Waals surface area contributed by atoms with E-state index in [-0.39, 0.29) is 11.9 Å². The van der Waals surface area contributed by atoms with E-state index in [0.29, 0.717) is 9.50 Å². The molecular formula is C15H14BrClFN. The smallest absolute Gasteiger partial charge is 0.139 e. The highest BCUT2D eigenvalue weighted by Crippen LogP contribution is 2.27. The molecule has 1 atom stereocenters. The lowest BCUT2D eigenvalue weighted by molar-refractivity contribution is 0.620. The van der Waals surface area contributed by atoms with Gasteiger partial charge in [0.2, 0.25) is 0 Å². The predicted octanol–water partition coefficient (Wildman–Crippen LogP) is 5.72. The SMILES string of the molecule is Cc1cc(Br)c(F)cc1NC(C)c1cccc(Cl)c1. The van der Waals surface area contributed by atoms with Crippen molar-refractivity contribution in [2.45, 2.75) is 19.9 Å².